The summed E-state index contributed by atoms with van der Waals surface area (Å²) >= 11 is 0. The molecule has 0 aliphatic carbocycles. The third-order valence-electron chi connectivity index (χ3n) is 7.36. The molecule has 0 bridgehead atoms. The number of carbonyl (C=O) groups is 1. The Kier molecular flexibility index (Phi) is 5.90. The summed E-state index contributed by atoms with van der Waals surface area (Å²) in [5.41, 5.74) is 4.47. The van der Waals surface area contributed by atoms with Crippen LogP contribution in [-0.4, -0.2) is 46.5 Å². The molecule has 1 aromatic heterocycles. The van der Waals surface area contributed by atoms with Gasteiger partial charge in [-0.25, -0.2) is 4.98 Å². The van der Waals surface area contributed by atoms with Crippen LogP contribution in [-0.2, 0) is 11.8 Å². The zero-order chi connectivity index (χ0) is 22.1. The van der Waals surface area contributed by atoms with Crippen LogP contribution in [0.1, 0.15) is 39.0 Å². The number of hydrogen-bond donors (Lipinski definition) is 0. The van der Waals surface area contributed by atoms with Crippen molar-refractivity contribution in [2.24, 2.45) is 18.9 Å². The fraction of sp³-hybridized carbons (Fsp3) is 0.481. The molecule has 3 heterocycles. The van der Waals surface area contributed by atoms with Gasteiger partial charge in [0.2, 0.25) is 5.91 Å². The van der Waals surface area contributed by atoms with E-state index in [-0.39, 0.29) is 5.92 Å². The summed E-state index contributed by atoms with van der Waals surface area (Å²) in [6, 6.07) is 16.9. The summed E-state index contributed by atoms with van der Waals surface area (Å²) in [4.78, 5) is 22.7. The maximum absolute atomic E-state index is 13.3. The molecule has 2 aromatic carbocycles. The number of rotatable bonds is 3. The van der Waals surface area contributed by atoms with Gasteiger partial charge in [0.15, 0.2) is 0 Å². The first-order valence-electron chi connectivity index (χ1n) is 12.2. The van der Waals surface area contributed by atoms with Crippen LogP contribution in [0.2, 0.25) is 0 Å². The molecule has 2 saturated heterocycles. The fourth-order valence-corrected chi connectivity index (χ4v) is 5.40. The molecule has 0 radical (unpaired) electrons. The Bertz CT molecular complexity index is 1100. The monoisotopic (exact) mass is 430 g/mol. The summed E-state index contributed by atoms with van der Waals surface area (Å²) in [6.07, 6.45) is 5.60. The second-order valence-corrected chi connectivity index (χ2v) is 9.68. The van der Waals surface area contributed by atoms with E-state index in [1.165, 1.54) is 12.1 Å². The third-order valence-corrected chi connectivity index (χ3v) is 7.36. The minimum atomic E-state index is 0.108. The van der Waals surface area contributed by atoms with Gasteiger partial charge in [-0.1, -0.05) is 31.2 Å². The Morgan fingerprint density at radius 1 is 0.969 bits per heavy atom. The van der Waals surface area contributed by atoms with Gasteiger partial charge in [-0.3, -0.25) is 4.79 Å². The highest BCUT2D eigenvalue weighted by atomic mass is 16.2. The van der Waals surface area contributed by atoms with E-state index in [9.17, 15) is 4.79 Å². The number of imidazole rings is 1. The van der Waals surface area contributed by atoms with Crippen LogP contribution in [0.4, 0.5) is 5.69 Å². The topological polar surface area (TPSA) is 41.4 Å². The highest BCUT2D eigenvalue weighted by Gasteiger charge is 2.30. The lowest BCUT2D eigenvalue weighted by Crippen LogP contribution is -2.45. The van der Waals surface area contributed by atoms with E-state index >= 15 is 0 Å². The molecule has 32 heavy (non-hydrogen) atoms. The van der Waals surface area contributed by atoms with Crippen molar-refractivity contribution in [2.45, 2.75) is 39.0 Å². The van der Waals surface area contributed by atoms with Crippen LogP contribution in [0.25, 0.3) is 22.4 Å². The minimum Gasteiger partial charge on any atom is -0.371 e. The van der Waals surface area contributed by atoms with Gasteiger partial charge in [-0.05, 0) is 62.3 Å². The molecular formula is C27H34N4O. The first-order valence-corrected chi connectivity index (χ1v) is 12.2. The predicted octanol–water partition coefficient (Wildman–Crippen LogP) is 5.11. The van der Waals surface area contributed by atoms with E-state index in [4.69, 9.17) is 4.98 Å². The minimum absolute atomic E-state index is 0.108. The number of nitrogens with zero attached hydrogens (tertiary/aromatic N) is 4. The molecule has 2 fully saturated rings. The molecule has 2 unspecified atom stereocenters. The van der Waals surface area contributed by atoms with E-state index in [0.717, 1.165) is 80.2 Å². The van der Waals surface area contributed by atoms with E-state index in [2.05, 4.69) is 70.8 Å². The zero-order valence-corrected chi connectivity index (χ0v) is 19.3. The van der Waals surface area contributed by atoms with Gasteiger partial charge in [0, 0.05) is 44.5 Å². The molecule has 2 atom stereocenters. The molecule has 2 aliphatic rings. The molecule has 168 valence electrons. The first kappa shape index (κ1) is 21.0. The first-order chi connectivity index (χ1) is 15.6. The lowest BCUT2D eigenvalue weighted by Gasteiger charge is -2.36. The van der Waals surface area contributed by atoms with Gasteiger partial charge < -0.3 is 14.4 Å². The number of para-hydroxylation sites is 2. The smallest absolute Gasteiger partial charge is 0.227 e. The van der Waals surface area contributed by atoms with Crippen LogP contribution >= 0.6 is 0 Å². The number of piperidine rings is 1. The number of aromatic nitrogens is 2. The Morgan fingerprint density at radius 3 is 2.69 bits per heavy atom. The Labute approximate surface area is 191 Å². The lowest BCUT2D eigenvalue weighted by molar-refractivity contribution is -0.135. The molecule has 0 spiro atoms. The maximum atomic E-state index is 13.3. The number of fused-ring (bicyclic) bond motifs is 1. The summed E-state index contributed by atoms with van der Waals surface area (Å²) in [5.74, 6) is 2.20. The van der Waals surface area contributed by atoms with Crippen molar-refractivity contribution >= 4 is 22.6 Å². The van der Waals surface area contributed by atoms with Crippen LogP contribution < -0.4 is 4.90 Å². The van der Waals surface area contributed by atoms with E-state index in [1.807, 2.05) is 6.07 Å². The average Bonchev–Trinajstić information content (AvgIpc) is 3.01. The van der Waals surface area contributed by atoms with E-state index in [0.29, 0.717) is 5.91 Å². The van der Waals surface area contributed by atoms with Crippen molar-refractivity contribution < 1.29 is 4.79 Å². The lowest BCUT2D eigenvalue weighted by atomic mass is 9.95. The Balaban J connectivity index is 1.35. The molecule has 2 aliphatic heterocycles. The number of likely N-dealkylation sites (tertiary alicyclic amines) is 1. The standard InChI is InChI=1S/C27H34N4O/c1-20-8-6-15-30(17-14-20)27(32)22-10-7-16-31(19-22)23-11-5-9-21(18-23)26-28-24-12-3-4-13-25(24)29(26)2/h3-5,9,11-13,18,20,22H,6-8,10,14-17,19H2,1-2H3. The molecule has 0 saturated carbocycles. The number of hydrogen-bond acceptors (Lipinski definition) is 3. The fourth-order valence-electron chi connectivity index (χ4n) is 5.40. The summed E-state index contributed by atoms with van der Waals surface area (Å²) < 4.78 is 2.16. The van der Waals surface area contributed by atoms with E-state index in [1.54, 1.807) is 0 Å². The third kappa shape index (κ3) is 4.13. The van der Waals surface area contributed by atoms with E-state index < -0.39 is 0 Å². The number of benzene rings is 2. The molecule has 3 aromatic rings. The Hall–Kier alpha value is -2.82. The van der Waals surface area contributed by atoms with Crippen LogP contribution in [0, 0.1) is 11.8 Å². The zero-order valence-electron chi connectivity index (χ0n) is 19.3. The van der Waals surface area contributed by atoms with Gasteiger partial charge in [-0.2, -0.15) is 0 Å². The maximum Gasteiger partial charge on any atom is 0.227 e. The normalized spacial score (nSPS) is 22.2. The summed E-state index contributed by atoms with van der Waals surface area (Å²) in [7, 11) is 2.08. The summed E-state index contributed by atoms with van der Waals surface area (Å²) in [6.45, 7) is 6.00. The van der Waals surface area contributed by atoms with Gasteiger partial charge >= 0.3 is 0 Å². The van der Waals surface area contributed by atoms with Crippen molar-refractivity contribution in [1.82, 2.24) is 14.5 Å². The summed E-state index contributed by atoms with van der Waals surface area (Å²) in [5, 5.41) is 0. The molecule has 5 nitrogen and oxygen atoms in total. The average molecular weight is 431 g/mol. The van der Waals surface area contributed by atoms with Crippen molar-refractivity contribution in [1.29, 1.82) is 0 Å². The second-order valence-electron chi connectivity index (χ2n) is 9.68. The quantitative estimate of drug-likeness (QED) is 0.580. The second kappa shape index (κ2) is 8.97. The van der Waals surface area contributed by atoms with Gasteiger partial charge in [-0.15, -0.1) is 0 Å². The van der Waals surface area contributed by atoms with Crippen LogP contribution in [0.5, 0.6) is 0 Å². The SMILES string of the molecule is CC1CCCN(C(=O)C2CCCN(c3cccc(-c4nc5ccccc5n4C)c3)C2)CC1. The number of amides is 1. The van der Waals surface area contributed by atoms with Crippen LogP contribution in [0.3, 0.4) is 0 Å². The highest BCUT2D eigenvalue weighted by molar-refractivity contribution is 5.82. The van der Waals surface area contributed by atoms with Crippen molar-refractivity contribution in [3.8, 4) is 11.4 Å². The Morgan fingerprint density at radius 2 is 1.81 bits per heavy atom. The largest absolute Gasteiger partial charge is 0.371 e. The van der Waals surface area contributed by atoms with Crippen LogP contribution in [0.15, 0.2) is 48.5 Å². The number of anilines is 1. The predicted molar refractivity (Wildman–Crippen MR) is 131 cm³/mol. The molecule has 5 heteroatoms. The van der Waals surface area contributed by atoms with Gasteiger partial charge in [0.25, 0.3) is 0 Å². The highest BCUT2D eigenvalue weighted by Crippen LogP contribution is 2.30. The number of aryl methyl sites for hydroxylation is 1. The van der Waals surface area contributed by atoms with Gasteiger partial charge in [0.05, 0.1) is 17.0 Å². The molecule has 1 amide bonds. The number of carbonyl (C=O) groups excluding carboxylic acids is 1. The molecule has 0 N–H and O–H groups in total. The van der Waals surface area contributed by atoms with Gasteiger partial charge in [0.1, 0.15) is 5.82 Å². The van der Waals surface area contributed by atoms with Crippen molar-refractivity contribution in [3.05, 3.63) is 48.5 Å². The molecule has 5 rings (SSSR count). The van der Waals surface area contributed by atoms with Crippen molar-refractivity contribution in [3.63, 3.8) is 0 Å². The van der Waals surface area contributed by atoms with Crippen molar-refractivity contribution in [2.75, 3.05) is 31.1 Å². The molecular weight excluding hydrogens is 396 g/mol.